The summed E-state index contributed by atoms with van der Waals surface area (Å²) >= 11 is 0. The SMILES string of the molecule is Cc1nc(N)nc(NCC2CCCCC2CO)c1[N+](=O)[O-]. The van der Waals surface area contributed by atoms with Gasteiger partial charge < -0.3 is 16.2 Å². The van der Waals surface area contributed by atoms with Gasteiger partial charge in [-0.3, -0.25) is 10.1 Å². The first-order valence-electron chi connectivity index (χ1n) is 7.16. The van der Waals surface area contributed by atoms with Gasteiger partial charge in [0.2, 0.25) is 11.8 Å². The van der Waals surface area contributed by atoms with Gasteiger partial charge in [-0.1, -0.05) is 12.8 Å². The van der Waals surface area contributed by atoms with Gasteiger partial charge >= 0.3 is 5.69 Å². The van der Waals surface area contributed by atoms with Gasteiger partial charge in [0.1, 0.15) is 5.69 Å². The first-order valence-corrected chi connectivity index (χ1v) is 7.16. The summed E-state index contributed by atoms with van der Waals surface area (Å²) in [6.07, 6.45) is 4.25. The Balaban J connectivity index is 2.13. The summed E-state index contributed by atoms with van der Waals surface area (Å²) in [5.41, 5.74) is 5.68. The summed E-state index contributed by atoms with van der Waals surface area (Å²) in [4.78, 5) is 18.4. The molecule has 4 N–H and O–H groups in total. The number of aliphatic hydroxyl groups excluding tert-OH is 1. The Morgan fingerprint density at radius 2 is 2.05 bits per heavy atom. The molecule has 1 saturated carbocycles. The summed E-state index contributed by atoms with van der Waals surface area (Å²) < 4.78 is 0. The summed E-state index contributed by atoms with van der Waals surface area (Å²) in [7, 11) is 0. The second kappa shape index (κ2) is 6.66. The fourth-order valence-electron chi connectivity index (χ4n) is 2.95. The maximum absolute atomic E-state index is 11.1. The van der Waals surface area contributed by atoms with Gasteiger partial charge in [0.05, 0.1) is 4.92 Å². The molecule has 0 bridgehead atoms. The molecule has 0 amide bonds. The molecule has 1 aliphatic rings. The van der Waals surface area contributed by atoms with E-state index in [1.54, 1.807) is 6.92 Å². The van der Waals surface area contributed by atoms with Crippen LogP contribution in [0, 0.1) is 28.9 Å². The summed E-state index contributed by atoms with van der Waals surface area (Å²) in [5, 5.41) is 23.6. The van der Waals surface area contributed by atoms with Gasteiger partial charge in [-0.25, -0.2) is 4.98 Å². The molecule has 1 aromatic heterocycles. The first-order chi connectivity index (χ1) is 10.0. The molecular formula is C13H21N5O3. The maximum atomic E-state index is 11.1. The van der Waals surface area contributed by atoms with E-state index in [9.17, 15) is 15.2 Å². The minimum Gasteiger partial charge on any atom is -0.396 e. The van der Waals surface area contributed by atoms with Crippen LogP contribution in [0.1, 0.15) is 31.4 Å². The van der Waals surface area contributed by atoms with Crippen LogP contribution in [0.25, 0.3) is 0 Å². The molecule has 2 atom stereocenters. The Morgan fingerprint density at radius 3 is 2.67 bits per heavy atom. The van der Waals surface area contributed by atoms with E-state index in [1.165, 1.54) is 0 Å². The van der Waals surface area contributed by atoms with E-state index < -0.39 is 4.92 Å². The number of rotatable bonds is 5. The molecule has 1 aliphatic carbocycles. The van der Waals surface area contributed by atoms with Gasteiger partial charge in [0, 0.05) is 13.2 Å². The molecule has 116 valence electrons. The number of nitro groups is 1. The van der Waals surface area contributed by atoms with Crippen molar-refractivity contribution in [2.45, 2.75) is 32.6 Å². The molecule has 0 spiro atoms. The minimum atomic E-state index is -0.499. The second-order valence-corrected chi connectivity index (χ2v) is 5.49. The lowest BCUT2D eigenvalue weighted by atomic mass is 9.79. The van der Waals surface area contributed by atoms with Crippen LogP contribution in [0.4, 0.5) is 17.5 Å². The third kappa shape index (κ3) is 3.57. The molecular weight excluding hydrogens is 274 g/mol. The number of anilines is 2. The van der Waals surface area contributed by atoms with Crippen molar-refractivity contribution in [3.05, 3.63) is 15.8 Å². The largest absolute Gasteiger partial charge is 0.396 e. The van der Waals surface area contributed by atoms with Crippen molar-refractivity contribution in [1.82, 2.24) is 9.97 Å². The van der Waals surface area contributed by atoms with E-state index in [0.717, 1.165) is 25.7 Å². The van der Waals surface area contributed by atoms with E-state index in [4.69, 9.17) is 5.73 Å². The van der Waals surface area contributed by atoms with Gasteiger partial charge in [0.15, 0.2) is 0 Å². The van der Waals surface area contributed by atoms with E-state index in [1.807, 2.05) is 0 Å². The van der Waals surface area contributed by atoms with E-state index in [0.29, 0.717) is 12.5 Å². The van der Waals surface area contributed by atoms with Gasteiger partial charge in [0.25, 0.3) is 0 Å². The third-order valence-electron chi connectivity index (χ3n) is 4.09. The van der Waals surface area contributed by atoms with Crippen LogP contribution in [-0.2, 0) is 0 Å². The summed E-state index contributed by atoms with van der Waals surface area (Å²) in [5.74, 6) is 0.709. The number of nitrogen functional groups attached to an aromatic ring is 1. The summed E-state index contributed by atoms with van der Waals surface area (Å²) in [6.45, 7) is 2.24. The maximum Gasteiger partial charge on any atom is 0.332 e. The smallest absolute Gasteiger partial charge is 0.332 e. The van der Waals surface area contributed by atoms with Gasteiger partial charge in [-0.2, -0.15) is 4.98 Å². The fraction of sp³-hybridized carbons (Fsp3) is 0.692. The number of aliphatic hydroxyl groups is 1. The highest BCUT2D eigenvalue weighted by Crippen LogP contribution is 2.31. The second-order valence-electron chi connectivity index (χ2n) is 5.49. The number of aromatic nitrogens is 2. The van der Waals surface area contributed by atoms with Crippen LogP contribution in [0.3, 0.4) is 0 Å². The Labute approximate surface area is 122 Å². The lowest BCUT2D eigenvalue weighted by Crippen LogP contribution is -2.29. The summed E-state index contributed by atoms with van der Waals surface area (Å²) in [6, 6.07) is 0. The highest BCUT2D eigenvalue weighted by Gasteiger charge is 2.26. The van der Waals surface area contributed by atoms with Crippen LogP contribution >= 0.6 is 0 Å². The van der Waals surface area contributed by atoms with Crippen molar-refractivity contribution >= 4 is 17.5 Å². The highest BCUT2D eigenvalue weighted by atomic mass is 16.6. The van der Waals surface area contributed by atoms with Crippen molar-refractivity contribution < 1.29 is 10.0 Å². The molecule has 2 rings (SSSR count). The van der Waals surface area contributed by atoms with E-state index >= 15 is 0 Å². The van der Waals surface area contributed by atoms with E-state index in [-0.39, 0.29) is 35.7 Å². The number of hydrogen-bond acceptors (Lipinski definition) is 7. The fourth-order valence-corrected chi connectivity index (χ4v) is 2.95. The predicted octanol–water partition coefficient (Wildman–Crippen LogP) is 1.49. The Bertz CT molecular complexity index is 523. The number of nitrogens with two attached hydrogens (primary N) is 1. The molecule has 0 aromatic carbocycles. The molecule has 1 aromatic rings. The average Bonchev–Trinajstić information content (AvgIpc) is 2.44. The standard InChI is InChI=1S/C13H21N5O3/c1-8-11(18(20)21)12(17-13(14)16-8)15-6-9-4-2-3-5-10(9)7-19/h9-10,19H,2-7H2,1H3,(H3,14,15,16,17). The van der Waals surface area contributed by atoms with Crippen LogP contribution in [0.2, 0.25) is 0 Å². The van der Waals surface area contributed by atoms with Crippen molar-refractivity contribution in [3.8, 4) is 0 Å². The third-order valence-corrected chi connectivity index (χ3v) is 4.09. The van der Waals surface area contributed by atoms with Crippen molar-refractivity contribution in [3.63, 3.8) is 0 Å². The molecule has 2 unspecified atom stereocenters. The monoisotopic (exact) mass is 295 g/mol. The first kappa shape index (κ1) is 15.4. The number of nitrogens with one attached hydrogen (secondary N) is 1. The molecule has 1 heterocycles. The zero-order chi connectivity index (χ0) is 15.4. The van der Waals surface area contributed by atoms with Crippen LogP contribution in [0.5, 0.6) is 0 Å². The van der Waals surface area contributed by atoms with Crippen LogP contribution in [-0.4, -0.2) is 33.1 Å². The van der Waals surface area contributed by atoms with Crippen molar-refractivity contribution in [2.24, 2.45) is 11.8 Å². The van der Waals surface area contributed by atoms with Crippen molar-refractivity contribution in [2.75, 3.05) is 24.2 Å². The Hall–Kier alpha value is -1.96. The zero-order valence-electron chi connectivity index (χ0n) is 12.1. The highest BCUT2D eigenvalue weighted by molar-refractivity contribution is 5.60. The lowest BCUT2D eigenvalue weighted by molar-refractivity contribution is -0.385. The molecule has 21 heavy (non-hydrogen) atoms. The normalized spacial score (nSPS) is 22.0. The number of hydrogen-bond donors (Lipinski definition) is 3. The number of nitrogens with zero attached hydrogens (tertiary/aromatic N) is 3. The van der Waals surface area contributed by atoms with Crippen LogP contribution in [0.15, 0.2) is 0 Å². The van der Waals surface area contributed by atoms with E-state index in [2.05, 4.69) is 15.3 Å². The Morgan fingerprint density at radius 1 is 1.38 bits per heavy atom. The number of aryl methyl sites for hydroxylation is 1. The molecule has 0 saturated heterocycles. The quantitative estimate of drug-likeness (QED) is 0.554. The van der Waals surface area contributed by atoms with Crippen molar-refractivity contribution in [1.29, 1.82) is 0 Å². The molecule has 0 radical (unpaired) electrons. The average molecular weight is 295 g/mol. The molecule has 1 fully saturated rings. The van der Waals surface area contributed by atoms with Crippen LogP contribution < -0.4 is 11.1 Å². The van der Waals surface area contributed by atoms with Gasteiger partial charge in [-0.15, -0.1) is 0 Å². The Kier molecular flexibility index (Phi) is 4.89. The molecule has 0 aliphatic heterocycles. The molecule has 8 nitrogen and oxygen atoms in total. The predicted molar refractivity (Wildman–Crippen MR) is 78.9 cm³/mol. The zero-order valence-corrected chi connectivity index (χ0v) is 12.1. The van der Waals surface area contributed by atoms with Gasteiger partial charge in [-0.05, 0) is 31.6 Å². The minimum absolute atomic E-state index is 0.0166. The lowest BCUT2D eigenvalue weighted by Gasteiger charge is -2.30. The molecule has 8 heteroatoms. The topological polar surface area (TPSA) is 127 Å².